The van der Waals surface area contributed by atoms with Gasteiger partial charge in [0.15, 0.2) is 0 Å². The van der Waals surface area contributed by atoms with Gasteiger partial charge in [0.25, 0.3) is 11.8 Å². The number of benzene rings is 3. The summed E-state index contributed by atoms with van der Waals surface area (Å²) < 4.78 is 18.9. The first-order valence-electron chi connectivity index (χ1n) is 8.29. The van der Waals surface area contributed by atoms with Crippen LogP contribution in [0.3, 0.4) is 0 Å². The second-order valence-electron chi connectivity index (χ2n) is 5.81. The Hall–Kier alpha value is -3.38. The highest BCUT2D eigenvalue weighted by molar-refractivity contribution is 6.34. The van der Waals surface area contributed by atoms with Crippen molar-refractivity contribution < 1.29 is 18.7 Å². The summed E-state index contributed by atoms with van der Waals surface area (Å²) in [4.78, 5) is 24.6. The van der Waals surface area contributed by atoms with E-state index in [1.54, 1.807) is 55.6 Å². The van der Waals surface area contributed by atoms with E-state index in [-0.39, 0.29) is 16.5 Å². The predicted molar refractivity (Wildman–Crippen MR) is 107 cm³/mol. The fourth-order valence-electron chi connectivity index (χ4n) is 2.49. The molecule has 0 radical (unpaired) electrons. The first-order chi connectivity index (χ1) is 13.5. The summed E-state index contributed by atoms with van der Waals surface area (Å²) in [5, 5.41) is 5.34. The van der Waals surface area contributed by atoms with Gasteiger partial charge >= 0.3 is 0 Å². The largest absolute Gasteiger partial charge is 0.497 e. The van der Waals surface area contributed by atoms with Crippen molar-refractivity contribution in [1.29, 1.82) is 0 Å². The summed E-state index contributed by atoms with van der Waals surface area (Å²) in [7, 11) is 1.56. The van der Waals surface area contributed by atoms with Gasteiger partial charge in [0.2, 0.25) is 0 Å². The molecule has 0 aliphatic heterocycles. The van der Waals surface area contributed by atoms with Crippen LogP contribution in [0.4, 0.5) is 15.8 Å². The highest BCUT2D eigenvalue weighted by Crippen LogP contribution is 2.21. The van der Waals surface area contributed by atoms with Crippen molar-refractivity contribution in [3.05, 3.63) is 88.7 Å². The lowest BCUT2D eigenvalue weighted by Crippen LogP contribution is -2.15. The van der Waals surface area contributed by atoms with Crippen LogP contribution in [-0.4, -0.2) is 18.9 Å². The van der Waals surface area contributed by atoms with Gasteiger partial charge in [-0.25, -0.2) is 4.39 Å². The summed E-state index contributed by atoms with van der Waals surface area (Å²) >= 11 is 5.89. The minimum atomic E-state index is -0.708. The van der Waals surface area contributed by atoms with E-state index >= 15 is 0 Å². The van der Waals surface area contributed by atoms with Gasteiger partial charge in [-0.2, -0.15) is 0 Å². The molecule has 2 N–H and O–H groups in total. The van der Waals surface area contributed by atoms with Crippen LogP contribution in [0.15, 0.2) is 66.7 Å². The van der Waals surface area contributed by atoms with E-state index in [0.29, 0.717) is 22.7 Å². The maximum Gasteiger partial charge on any atom is 0.260 e. The van der Waals surface area contributed by atoms with Crippen molar-refractivity contribution in [2.75, 3.05) is 17.7 Å². The summed E-state index contributed by atoms with van der Waals surface area (Å²) in [6, 6.07) is 17.2. The molecule has 0 aliphatic rings. The minimum absolute atomic E-state index is 0.0213. The second-order valence-corrected chi connectivity index (χ2v) is 6.22. The number of amides is 2. The van der Waals surface area contributed by atoms with Crippen LogP contribution >= 0.6 is 11.6 Å². The Kier molecular flexibility index (Phi) is 5.91. The lowest BCUT2D eigenvalue weighted by atomic mass is 10.1. The van der Waals surface area contributed by atoms with E-state index in [1.807, 2.05) is 0 Å². The molecular formula is C21H16ClFN2O3. The van der Waals surface area contributed by atoms with E-state index < -0.39 is 11.7 Å². The van der Waals surface area contributed by atoms with Gasteiger partial charge in [-0.3, -0.25) is 9.59 Å². The molecule has 0 bridgehead atoms. The van der Waals surface area contributed by atoms with Crippen molar-refractivity contribution in [1.82, 2.24) is 0 Å². The third-order valence-electron chi connectivity index (χ3n) is 3.94. The third kappa shape index (κ3) is 4.47. The van der Waals surface area contributed by atoms with Crippen molar-refractivity contribution in [2.45, 2.75) is 0 Å². The van der Waals surface area contributed by atoms with Crippen LogP contribution in [0.2, 0.25) is 5.02 Å². The van der Waals surface area contributed by atoms with E-state index in [4.69, 9.17) is 16.3 Å². The Morgan fingerprint density at radius 1 is 0.857 bits per heavy atom. The summed E-state index contributed by atoms with van der Waals surface area (Å²) in [6.07, 6.45) is 0. The number of hydrogen-bond donors (Lipinski definition) is 2. The molecule has 28 heavy (non-hydrogen) atoms. The number of ether oxygens (including phenoxy) is 1. The van der Waals surface area contributed by atoms with E-state index in [0.717, 1.165) is 6.07 Å². The van der Waals surface area contributed by atoms with Gasteiger partial charge in [-0.15, -0.1) is 0 Å². The molecule has 0 atom stereocenters. The van der Waals surface area contributed by atoms with Crippen LogP contribution in [-0.2, 0) is 0 Å². The SMILES string of the molecule is COc1ccc(NC(=O)c2ccc(NC(=O)c3c(F)cccc3Cl)cc2)cc1. The first-order valence-corrected chi connectivity index (χ1v) is 8.66. The molecule has 0 unspecified atom stereocenters. The number of nitrogens with one attached hydrogen (secondary N) is 2. The molecule has 2 amide bonds. The van der Waals surface area contributed by atoms with Crippen LogP contribution in [0.5, 0.6) is 5.75 Å². The molecule has 3 aromatic rings. The predicted octanol–water partition coefficient (Wildman–Crippen LogP) is 4.99. The molecule has 5 nitrogen and oxygen atoms in total. The first kappa shape index (κ1) is 19.4. The van der Waals surface area contributed by atoms with Gasteiger partial charge in [-0.05, 0) is 60.7 Å². The standard InChI is InChI=1S/C21H16ClFN2O3/c1-28-16-11-9-15(10-12-16)24-20(26)13-5-7-14(8-6-13)25-21(27)19-17(22)3-2-4-18(19)23/h2-12H,1H3,(H,24,26)(H,25,27). The average Bonchev–Trinajstić information content (AvgIpc) is 2.69. The van der Waals surface area contributed by atoms with Crippen molar-refractivity contribution in [3.63, 3.8) is 0 Å². The molecule has 0 saturated carbocycles. The van der Waals surface area contributed by atoms with Gasteiger partial charge in [-0.1, -0.05) is 17.7 Å². The summed E-state index contributed by atoms with van der Waals surface area (Å²) in [6.45, 7) is 0. The molecule has 0 spiro atoms. The topological polar surface area (TPSA) is 67.4 Å². The molecule has 0 aromatic heterocycles. The number of anilines is 2. The fraction of sp³-hybridized carbons (Fsp3) is 0.0476. The maximum atomic E-state index is 13.8. The molecule has 0 saturated heterocycles. The van der Waals surface area contributed by atoms with Crippen molar-refractivity contribution in [3.8, 4) is 5.75 Å². The van der Waals surface area contributed by atoms with Gasteiger partial charge in [0.05, 0.1) is 17.7 Å². The maximum absolute atomic E-state index is 13.8. The zero-order chi connectivity index (χ0) is 20.1. The van der Waals surface area contributed by atoms with Crippen LogP contribution in [0.1, 0.15) is 20.7 Å². The average molecular weight is 399 g/mol. The Bertz CT molecular complexity index is 985. The molecule has 0 aliphatic carbocycles. The summed E-state index contributed by atoms with van der Waals surface area (Å²) in [5.41, 5.74) is 1.20. The number of hydrogen-bond acceptors (Lipinski definition) is 3. The smallest absolute Gasteiger partial charge is 0.260 e. The molecule has 142 valence electrons. The lowest BCUT2D eigenvalue weighted by Gasteiger charge is -2.09. The number of halogens is 2. The summed E-state index contributed by atoms with van der Waals surface area (Å²) in [5.74, 6) is -0.993. The normalized spacial score (nSPS) is 10.2. The second kappa shape index (κ2) is 8.54. The molecule has 7 heteroatoms. The Balaban J connectivity index is 1.67. The monoisotopic (exact) mass is 398 g/mol. The van der Waals surface area contributed by atoms with Gasteiger partial charge < -0.3 is 15.4 Å². The Morgan fingerprint density at radius 3 is 2.00 bits per heavy atom. The van der Waals surface area contributed by atoms with Crippen LogP contribution < -0.4 is 15.4 Å². The molecular weight excluding hydrogens is 383 g/mol. The highest BCUT2D eigenvalue weighted by atomic mass is 35.5. The van der Waals surface area contributed by atoms with Crippen molar-refractivity contribution >= 4 is 34.8 Å². The quantitative estimate of drug-likeness (QED) is 0.636. The molecule has 0 heterocycles. The molecule has 3 rings (SSSR count). The number of carbonyl (C=O) groups is 2. The zero-order valence-electron chi connectivity index (χ0n) is 14.8. The van der Waals surface area contributed by atoms with E-state index in [9.17, 15) is 14.0 Å². The lowest BCUT2D eigenvalue weighted by molar-refractivity contribution is 0.101. The molecule has 0 fully saturated rings. The fourth-order valence-corrected chi connectivity index (χ4v) is 2.74. The minimum Gasteiger partial charge on any atom is -0.497 e. The zero-order valence-corrected chi connectivity index (χ0v) is 15.6. The van der Waals surface area contributed by atoms with E-state index in [1.165, 1.54) is 12.1 Å². The third-order valence-corrected chi connectivity index (χ3v) is 4.26. The Labute approximate surface area is 166 Å². The van der Waals surface area contributed by atoms with Crippen LogP contribution in [0, 0.1) is 5.82 Å². The Morgan fingerprint density at radius 2 is 1.43 bits per heavy atom. The number of methoxy groups -OCH3 is 1. The highest BCUT2D eigenvalue weighted by Gasteiger charge is 2.16. The number of carbonyl (C=O) groups excluding carboxylic acids is 2. The van der Waals surface area contributed by atoms with Crippen LogP contribution in [0.25, 0.3) is 0 Å². The van der Waals surface area contributed by atoms with Gasteiger partial charge in [0.1, 0.15) is 11.6 Å². The van der Waals surface area contributed by atoms with Gasteiger partial charge in [0, 0.05) is 16.9 Å². The van der Waals surface area contributed by atoms with E-state index in [2.05, 4.69) is 10.6 Å². The van der Waals surface area contributed by atoms with Crippen molar-refractivity contribution in [2.24, 2.45) is 0 Å². The number of rotatable bonds is 5. The molecule has 3 aromatic carbocycles.